The van der Waals surface area contributed by atoms with Gasteiger partial charge in [-0.15, -0.1) is 59.7 Å². The molecular formula is C37H28IrN2S-2. The van der Waals surface area contributed by atoms with Crippen molar-refractivity contribution in [3.8, 4) is 33.6 Å². The minimum absolute atomic E-state index is 0. The van der Waals surface area contributed by atoms with Gasteiger partial charge in [-0.2, -0.15) is 11.3 Å². The van der Waals surface area contributed by atoms with Gasteiger partial charge in [0.2, 0.25) is 0 Å². The molecular weight excluding hydrogens is 697 g/mol. The molecule has 0 saturated carbocycles. The number of hydrogen-bond acceptors (Lipinski definition) is 3. The van der Waals surface area contributed by atoms with Crippen molar-refractivity contribution < 1.29 is 20.1 Å². The number of aromatic nitrogens is 2. The van der Waals surface area contributed by atoms with Gasteiger partial charge in [-0.25, -0.2) is 0 Å². The van der Waals surface area contributed by atoms with Crippen molar-refractivity contribution >= 4 is 31.5 Å². The summed E-state index contributed by atoms with van der Waals surface area (Å²) < 4.78 is 2.62. The van der Waals surface area contributed by atoms with Crippen LogP contribution in [0.5, 0.6) is 0 Å². The monoisotopic (exact) mass is 725 g/mol. The van der Waals surface area contributed by atoms with E-state index in [0.29, 0.717) is 0 Å². The van der Waals surface area contributed by atoms with Crippen LogP contribution < -0.4 is 0 Å². The molecule has 0 aliphatic heterocycles. The molecule has 0 saturated heterocycles. The predicted molar refractivity (Wildman–Crippen MR) is 169 cm³/mol. The fraction of sp³-hybridized carbons (Fsp3) is 0.0811. The molecule has 0 unspecified atom stereocenters. The second-order valence-electron chi connectivity index (χ2n) is 9.66. The van der Waals surface area contributed by atoms with Crippen molar-refractivity contribution in [3.63, 3.8) is 0 Å². The summed E-state index contributed by atoms with van der Waals surface area (Å²) in [6.07, 6.45) is 4.82. The molecule has 0 atom stereocenters. The van der Waals surface area contributed by atoms with Gasteiger partial charge in [0.05, 0.1) is 0 Å². The van der Waals surface area contributed by atoms with Gasteiger partial charge < -0.3 is 9.97 Å². The molecule has 1 radical (unpaired) electrons. The molecule has 0 aliphatic carbocycles. The second-order valence-corrected chi connectivity index (χ2v) is 10.7. The summed E-state index contributed by atoms with van der Waals surface area (Å²) in [6, 6.07) is 44.1. The largest absolute Gasteiger partial charge is 0.305 e. The minimum Gasteiger partial charge on any atom is -0.305 e. The quantitative estimate of drug-likeness (QED) is 0.169. The Labute approximate surface area is 259 Å². The number of pyridine rings is 2. The third-order valence-corrected chi connectivity index (χ3v) is 8.08. The standard InChI is InChI=1S/C19H16N.C18H12NS.Ir/c1-2-15-13-19(17-11-7-4-8-12-17)20-14-18(15)16-9-5-3-6-10-16;1-12-8-9-19-16(10-12)13-6-7-15-14-4-2-3-5-17(14)20-18(15)11-13;/h3-11,13-14H,2H2,1H3;2-5,7-11H,1H3;/q2*-1;. The van der Waals surface area contributed by atoms with Crippen molar-refractivity contribution in [2.45, 2.75) is 20.3 Å². The van der Waals surface area contributed by atoms with Crippen LogP contribution in [0.15, 0.2) is 122 Å². The second kappa shape index (κ2) is 13.1. The molecule has 0 bridgehead atoms. The van der Waals surface area contributed by atoms with Crippen molar-refractivity contribution in [2.24, 2.45) is 0 Å². The first-order valence-electron chi connectivity index (χ1n) is 13.5. The van der Waals surface area contributed by atoms with E-state index in [9.17, 15) is 0 Å². The van der Waals surface area contributed by atoms with E-state index in [1.807, 2.05) is 60.1 Å². The minimum atomic E-state index is 0. The Morgan fingerprint density at radius 1 is 0.707 bits per heavy atom. The Morgan fingerprint density at radius 2 is 1.49 bits per heavy atom. The van der Waals surface area contributed by atoms with E-state index < -0.39 is 0 Å². The Bertz CT molecular complexity index is 1900. The van der Waals surface area contributed by atoms with Gasteiger partial charge in [-0.1, -0.05) is 78.5 Å². The van der Waals surface area contributed by atoms with Gasteiger partial charge in [-0.3, -0.25) is 0 Å². The topological polar surface area (TPSA) is 25.8 Å². The van der Waals surface area contributed by atoms with Crippen molar-refractivity contribution in [2.75, 3.05) is 0 Å². The van der Waals surface area contributed by atoms with E-state index in [-0.39, 0.29) is 20.1 Å². The summed E-state index contributed by atoms with van der Waals surface area (Å²) in [5.41, 5.74) is 9.06. The maximum atomic E-state index is 4.60. The number of benzene rings is 4. The molecule has 0 aliphatic rings. The van der Waals surface area contributed by atoms with Crippen LogP contribution in [0.3, 0.4) is 0 Å². The van der Waals surface area contributed by atoms with E-state index in [1.54, 1.807) is 0 Å². The van der Waals surface area contributed by atoms with E-state index in [0.717, 1.165) is 28.9 Å². The average molecular weight is 725 g/mol. The maximum absolute atomic E-state index is 4.60. The van der Waals surface area contributed by atoms with Crippen LogP contribution in [-0.4, -0.2) is 9.97 Å². The smallest absolute Gasteiger partial charge is 0.0246 e. The Morgan fingerprint density at radius 3 is 2.27 bits per heavy atom. The number of nitrogens with zero attached hydrogens (tertiary/aromatic N) is 2. The number of rotatable bonds is 4. The molecule has 4 aromatic carbocycles. The van der Waals surface area contributed by atoms with Gasteiger partial charge in [0.15, 0.2) is 0 Å². The van der Waals surface area contributed by atoms with E-state index in [4.69, 9.17) is 0 Å². The fourth-order valence-corrected chi connectivity index (χ4v) is 5.99. The van der Waals surface area contributed by atoms with E-state index in [2.05, 4.69) is 109 Å². The normalized spacial score (nSPS) is 10.6. The Hall–Kier alpha value is -3.95. The zero-order chi connectivity index (χ0) is 27.3. The molecule has 0 spiro atoms. The summed E-state index contributed by atoms with van der Waals surface area (Å²) in [7, 11) is 0. The Kier molecular flexibility index (Phi) is 9.16. The summed E-state index contributed by atoms with van der Waals surface area (Å²) in [6.45, 7) is 4.27. The van der Waals surface area contributed by atoms with Gasteiger partial charge in [0.25, 0.3) is 0 Å². The zero-order valence-electron chi connectivity index (χ0n) is 22.9. The van der Waals surface area contributed by atoms with Crippen LogP contribution in [0.4, 0.5) is 0 Å². The van der Waals surface area contributed by atoms with Crippen LogP contribution >= 0.6 is 11.3 Å². The first-order valence-corrected chi connectivity index (χ1v) is 14.3. The van der Waals surface area contributed by atoms with Crippen molar-refractivity contribution in [1.29, 1.82) is 0 Å². The van der Waals surface area contributed by atoms with Crippen LogP contribution in [0.2, 0.25) is 0 Å². The SMILES string of the molecule is CCc1cc(-c2[c-]cccc2)ncc1-c1ccccc1.Cc1ccnc(-c2[c-]cc3c(c2)sc2ccccc23)c1.[Ir]. The molecule has 3 heterocycles. The van der Waals surface area contributed by atoms with Gasteiger partial charge >= 0.3 is 0 Å². The number of aryl methyl sites for hydroxylation is 2. The summed E-state index contributed by atoms with van der Waals surface area (Å²) in [5, 5.41) is 2.59. The Balaban J connectivity index is 0.000000161. The van der Waals surface area contributed by atoms with E-state index in [1.165, 1.54) is 42.4 Å². The number of fused-ring (bicyclic) bond motifs is 3. The average Bonchev–Trinajstić information content (AvgIpc) is 3.40. The predicted octanol–water partition coefficient (Wildman–Crippen LogP) is 10.0. The van der Waals surface area contributed by atoms with E-state index >= 15 is 0 Å². The van der Waals surface area contributed by atoms with Gasteiger partial charge in [0, 0.05) is 42.8 Å². The summed E-state index contributed by atoms with van der Waals surface area (Å²) in [4.78, 5) is 9.05. The van der Waals surface area contributed by atoms with Crippen LogP contribution in [-0.2, 0) is 26.5 Å². The molecule has 41 heavy (non-hydrogen) atoms. The zero-order valence-corrected chi connectivity index (χ0v) is 26.1. The van der Waals surface area contributed by atoms with Crippen LogP contribution in [0, 0.1) is 19.1 Å². The molecule has 2 nitrogen and oxygen atoms in total. The third kappa shape index (κ3) is 6.36. The molecule has 4 heteroatoms. The summed E-state index contributed by atoms with van der Waals surface area (Å²) >= 11 is 1.83. The van der Waals surface area contributed by atoms with Crippen molar-refractivity contribution in [3.05, 3.63) is 145 Å². The van der Waals surface area contributed by atoms with Crippen LogP contribution in [0.25, 0.3) is 53.8 Å². The molecule has 0 N–H and O–H groups in total. The molecule has 203 valence electrons. The molecule has 7 rings (SSSR count). The molecule has 0 amide bonds. The number of hydrogen-bond donors (Lipinski definition) is 0. The van der Waals surface area contributed by atoms with Crippen LogP contribution in [0.1, 0.15) is 18.1 Å². The van der Waals surface area contributed by atoms with Gasteiger partial charge in [0.1, 0.15) is 0 Å². The molecule has 0 fully saturated rings. The third-order valence-electron chi connectivity index (χ3n) is 6.94. The number of thiophene rings is 1. The first-order chi connectivity index (χ1) is 19.7. The summed E-state index contributed by atoms with van der Waals surface area (Å²) in [5.74, 6) is 0. The maximum Gasteiger partial charge on any atom is 0.0246 e. The molecule has 3 aromatic heterocycles. The fourth-order valence-electron chi connectivity index (χ4n) is 4.86. The van der Waals surface area contributed by atoms with Crippen molar-refractivity contribution in [1.82, 2.24) is 9.97 Å². The first kappa shape index (κ1) is 28.6. The van der Waals surface area contributed by atoms with Gasteiger partial charge in [-0.05, 0) is 58.1 Å². The molecule has 7 aromatic rings.